The zero-order valence-corrected chi connectivity index (χ0v) is 15.4. The first-order valence-electron chi connectivity index (χ1n) is 8.39. The lowest BCUT2D eigenvalue weighted by Crippen LogP contribution is -2.38. The molecule has 0 radical (unpaired) electrons. The van der Waals surface area contributed by atoms with Crippen LogP contribution >= 0.6 is 11.8 Å². The molecule has 1 aromatic heterocycles. The molecule has 2 rings (SSSR count). The minimum absolute atomic E-state index is 0.0637. The van der Waals surface area contributed by atoms with Crippen molar-refractivity contribution in [2.24, 2.45) is 0 Å². The smallest absolute Gasteiger partial charge is 0.321 e. The third-order valence-corrected chi connectivity index (χ3v) is 4.89. The maximum Gasteiger partial charge on any atom is 0.321 e. The van der Waals surface area contributed by atoms with Crippen LogP contribution in [0, 0.1) is 0 Å². The highest BCUT2D eigenvalue weighted by Gasteiger charge is 2.21. The van der Waals surface area contributed by atoms with E-state index in [1.807, 2.05) is 16.4 Å². The summed E-state index contributed by atoms with van der Waals surface area (Å²) in [5.74, 6) is 0.530. The van der Waals surface area contributed by atoms with Gasteiger partial charge in [0.05, 0.1) is 12.3 Å². The molecule has 0 saturated carbocycles. The Morgan fingerprint density at radius 2 is 2.04 bits per heavy atom. The van der Waals surface area contributed by atoms with Crippen LogP contribution in [0.5, 0.6) is 0 Å². The zero-order chi connectivity index (χ0) is 18.2. The van der Waals surface area contributed by atoms with Crippen LogP contribution in [0.4, 0.5) is 4.79 Å². The first kappa shape index (κ1) is 19.2. The predicted octanol–water partition coefficient (Wildman–Crippen LogP) is 0.748. The summed E-state index contributed by atoms with van der Waals surface area (Å²) in [5.41, 5.74) is 0. The molecule has 25 heavy (non-hydrogen) atoms. The molecule has 1 saturated heterocycles. The second-order valence-corrected chi connectivity index (χ2v) is 6.63. The van der Waals surface area contributed by atoms with Gasteiger partial charge in [-0.3, -0.25) is 14.9 Å². The van der Waals surface area contributed by atoms with Gasteiger partial charge in [0.2, 0.25) is 11.8 Å². The Hall–Kier alpha value is -2.10. The van der Waals surface area contributed by atoms with Crippen molar-refractivity contribution in [3.63, 3.8) is 0 Å². The Balaban J connectivity index is 1.98. The Morgan fingerprint density at radius 1 is 1.24 bits per heavy atom. The van der Waals surface area contributed by atoms with Gasteiger partial charge in [-0.25, -0.2) is 4.79 Å². The van der Waals surface area contributed by atoms with Crippen LogP contribution in [-0.4, -0.2) is 56.9 Å². The zero-order valence-electron chi connectivity index (χ0n) is 14.6. The molecule has 1 aliphatic rings. The number of thioether (sulfide) groups is 1. The van der Waals surface area contributed by atoms with Crippen molar-refractivity contribution in [1.82, 2.24) is 30.3 Å². The molecule has 0 unspecified atom stereocenters. The van der Waals surface area contributed by atoms with E-state index in [1.54, 1.807) is 0 Å². The van der Waals surface area contributed by atoms with Crippen molar-refractivity contribution in [3.05, 3.63) is 5.82 Å². The number of carbonyl (C=O) groups is 3. The van der Waals surface area contributed by atoms with Crippen LogP contribution in [-0.2, 0) is 22.7 Å². The molecule has 0 aromatic carbocycles. The number of nitrogens with one attached hydrogen (secondary N) is 2. The van der Waals surface area contributed by atoms with E-state index in [4.69, 9.17) is 0 Å². The number of amides is 4. The molecule has 138 valence electrons. The van der Waals surface area contributed by atoms with Gasteiger partial charge in [0.1, 0.15) is 0 Å². The fourth-order valence-electron chi connectivity index (χ4n) is 2.59. The van der Waals surface area contributed by atoms with Crippen LogP contribution in [0.2, 0.25) is 0 Å². The van der Waals surface area contributed by atoms with E-state index < -0.39 is 11.9 Å². The topological polar surface area (TPSA) is 109 Å². The number of aromatic nitrogens is 3. The summed E-state index contributed by atoms with van der Waals surface area (Å²) in [6.45, 7) is 3.78. The van der Waals surface area contributed by atoms with Crippen molar-refractivity contribution < 1.29 is 14.4 Å². The molecule has 1 fully saturated rings. The quantitative estimate of drug-likeness (QED) is 0.717. The maximum absolute atomic E-state index is 12.1. The van der Waals surface area contributed by atoms with E-state index in [0.29, 0.717) is 30.5 Å². The van der Waals surface area contributed by atoms with E-state index in [1.165, 1.54) is 18.8 Å². The highest BCUT2D eigenvalue weighted by molar-refractivity contribution is 7.99. The average Bonchev–Trinajstić information content (AvgIpc) is 2.87. The van der Waals surface area contributed by atoms with Crippen LogP contribution in [0.25, 0.3) is 0 Å². The van der Waals surface area contributed by atoms with E-state index in [9.17, 15) is 14.4 Å². The number of hydrogen-bond donors (Lipinski definition) is 2. The summed E-state index contributed by atoms with van der Waals surface area (Å²) in [7, 11) is 1.44. The average molecular weight is 368 g/mol. The highest BCUT2D eigenvalue weighted by atomic mass is 32.2. The van der Waals surface area contributed by atoms with Crippen LogP contribution in [0.1, 0.15) is 38.4 Å². The lowest BCUT2D eigenvalue weighted by Gasteiger charge is -2.20. The molecule has 10 heteroatoms. The SMILES string of the molecule is CCn1c(CN2CCCCCC2=O)nnc1SCC(=O)NC(=O)NC. The van der Waals surface area contributed by atoms with Gasteiger partial charge in [-0.05, 0) is 19.8 Å². The molecule has 0 atom stereocenters. The summed E-state index contributed by atoms with van der Waals surface area (Å²) in [4.78, 5) is 36.8. The number of nitrogens with zero attached hydrogens (tertiary/aromatic N) is 4. The standard InChI is InChI=1S/C15H24N6O3S/c1-3-21-11(9-20-8-6-4-5-7-13(20)23)18-19-15(21)25-10-12(22)17-14(24)16-2/h3-10H2,1-2H3,(H2,16,17,22,24). The molecule has 2 N–H and O–H groups in total. The molecule has 1 aliphatic heterocycles. The van der Waals surface area contributed by atoms with E-state index in [0.717, 1.165) is 25.8 Å². The Kier molecular flexibility index (Phi) is 7.23. The van der Waals surface area contributed by atoms with Crippen LogP contribution in [0.15, 0.2) is 5.16 Å². The van der Waals surface area contributed by atoms with Gasteiger partial charge in [0.15, 0.2) is 11.0 Å². The minimum atomic E-state index is -0.539. The van der Waals surface area contributed by atoms with E-state index in [2.05, 4.69) is 20.8 Å². The van der Waals surface area contributed by atoms with Crippen LogP contribution < -0.4 is 10.6 Å². The molecule has 2 heterocycles. The van der Waals surface area contributed by atoms with Gasteiger partial charge in [-0.1, -0.05) is 18.2 Å². The maximum atomic E-state index is 12.1. The number of hydrogen-bond acceptors (Lipinski definition) is 6. The van der Waals surface area contributed by atoms with Gasteiger partial charge in [0.25, 0.3) is 0 Å². The lowest BCUT2D eigenvalue weighted by atomic mass is 10.2. The van der Waals surface area contributed by atoms with Gasteiger partial charge in [-0.15, -0.1) is 10.2 Å². The van der Waals surface area contributed by atoms with E-state index >= 15 is 0 Å². The van der Waals surface area contributed by atoms with Crippen molar-refractivity contribution in [2.75, 3.05) is 19.3 Å². The molecule has 9 nitrogen and oxygen atoms in total. The van der Waals surface area contributed by atoms with Crippen LogP contribution in [0.3, 0.4) is 0 Å². The van der Waals surface area contributed by atoms with Crippen molar-refractivity contribution in [3.8, 4) is 0 Å². The summed E-state index contributed by atoms with van der Waals surface area (Å²) >= 11 is 1.21. The highest BCUT2D eigenvalue weighted by Crippen LogP contribution is 2.19. The monoisotopic (exact) mass is 368 g/mol. The van der Waals surface area contributed by atoms with Gasteiger partial charge in [-0.2, -0.15) is 0 Å². The third kappa shape index (κ3) is 5.45. The van der Waals surface area contributed by atoms with Gasteiger partial charge < -0.3 is 14.8 Å². The number of rotatable bonds is 6. The number of likely N-dealkylation sites (tertiary alicyclic amines) is 1. The molecular formula is C15H24N6O3S. The number of carbonyl (C=O) groups excluding carboxylic acids is 3. The molecule has 0 bridgehead atoms. The Bertz CT molecular complexity index is 633. The van der Waals surface area contributed by atoms with Gasteiger partial charge >= 0.3 is 6.03 Å². The summed E-state index contributed by atoms with van der Waals surface area (Å²) in [5, 5.41) is 13.4. The minimum Gasteiger partial charge on any atom is -0.341 e. The van der Waals surface area contributed by atoms with Gasteiger partial charge in [0, 0.05) is 26.6 Å². The van der Waals surface area contributed by atoms with Crippen molar-refractivity contribution in [2.45, 2.75) is 50.9 Å². The van der Waals surface area contributed by atoms with Crippen molar-refractivity contribution >= 4 is 29.6 Å². The third-order valence-electron chi connectivity index (χ3n) is 3.93. The first-order valence-corrected chi connectivity index (χ1v) is 9.38. The Labute approximate surface area is 150 Å². The number of urea groups is 1. The van der Waals surface area contributed by atoms with E-state index in [-0.39, 0.29) is 11.7 Å². The normalized spacial score (nSPS) is 15.0. The fourth-order valence-corrected chi connectivity index (χ4v) is 3.41. The molecule has 0 spiro atoms. The second-order valence-electron chi connectivity index (χ2n) is 5.68. The second kappa shape index (κ2) is 9.40. The number of imide groups is 1. The predicted molar refractivity (Wildman–Crippen MR) is 92.9 cm³/mol. The molecule has 4 amide bonds. The fraction of sp³-hybridized carbons (Fsp3) is 0.667. The summed E-state index contributed by atoms with van der Waals surface area (Å²) < 4.78 is 1.90. The molecular weight excluding hydrogens is 344 g/mol. The largest absolute Gasteiger partial charge is 0.341 e. The van der Waals surface area contributed by atoms with Crippen molar-refractivity contribution in [1.29, 1.82) is 0 Å². The molecule has 0 aliphatic carbocycles. The first-order chi connectivity index (χ1) is 12.0. The molecule has 1 aromatic rings. The summed E-state index contributed by atoms with van der Waals surface area (Å²) in [6, 6.07) is -0.539. The summed E-state index contributed by atoms with van der Waals surface area (Å²) in [6.07, 6.45) is 3.61. The Morgan fingerprint density at radius 3 is 2.76 bits per heavy atom. The lowest BCUT2D eigenvalue weighted by molar-refractivity contribution is -0.131.